The first-order chi connectivity index (χ1) is 13.8. The topological polar surface area (TPSA) is 88.4 Å². The molecular weight excluding hydrogens is 395 g/mol. The van der Waals surface area contributed by atoms with E-state index >= 15 is 0 Å². The Hall–Kier alpha value is -2.97. The SMILES string of the molecule is CNS(=O)(=O)c1cc(NC(=O)CCc2ccc(-c3ccccc3F)o2)ccc1C. The summed E-state index contributed by atoms with van der Waals surface area (Å²) in [6, 6.07) is 14.4. The fourth-order valence-corrected chi connectivity index (χ4v) is 3.85. The average Bonchev–Trinajstić information content (AvgIpc) is 3.17. The Kier molecular flexibility index (Phi) is 6.14. The van der Waals surface area contributed by atoms with Crippen LogP contribution in [0.4, 0.5) is 10.1 Å². The van der Waals surface area contributed by atoms with Gasteiger partial charge in [-0.3, -0.25) is 4.79 Å². The predicted molar refractivity (Wildman–Crippen MR) is 108 cm³/mol. The van der Waals surface area contributed by atoms with Crippen LogP contribution in [0.15, 0.2) is 63.9 Å². The molecule has 0 radical (unpaired) electrons. The lowest BCUT2D eigenvalue weighted by atomic mass is 10.1. The zero-order valence-corrected chi connectivity index (χ0v) is 16.8. The lowest BCUT2D eigenvalue weighted by Gasteiger charge is -2.10. The van der Waals surface area contributed by atoms with E-state index in [4.69, 9.17) is 4.42 Å². The van der Waals surface area contributed by atoms with Crippen LogP contribution in [0.5, 0.6) is 0 Å². The van der Waals surface area contributed by atoms with Crippen molar-refractivity contribution >= 4 is 21.6 Å². The first-order valence-corrected chi connectivity index (χ1v) is 10.5. The maximum atomic E-state index is 13.8. The van der Waals surface area contributed by atoms with E-state index in [1.54, 1.807) is 49.4 Å². The van der Waals surface area contributed by atoms with Crippen molar-refractivity contribution in [1.82, 2.24) is 4.72 Å². The monoisotopic (exact) mass is 416 g/mol. The van der Waals surface area contributed by atoms with Gasteiger partial charge in [-0.25, -0.2) is 17.5 Å². The molecule has 3 aromatic rings. The van der Waals surface area contributed by atoms with Crippen LogP contribution in [-0.2, 0) is 21.2 Å². The van der Waals surface area contributed by atoms with Crippen molar-refractivity contribution in [3.8, 4) is 11.3 Å². The molecular formula is C21H21FN2O4S. The minimum absolute atomic E-state index is 0.110. The standard InChI is InChI=1S/C21H21FN2O4S/c1-14-7-8-15(13-20(14)29(26,27)23-2)24-21(25)12-10-16-9-11-19(28-16)17-5-3-4-6-18(17)22/h3-9,11,13,23H,10,12H2,1-2H3,(H,24,25). The van der Waals surface area contributed by atoms with Crippen molar-refractivity contribution in [2.75, 3.05) is 12.4 Å². The van der Waals surface area contributed by atoms with Crippen molar-refractivity contribution in [2.45, 2.75) is 24.7 Å². The molecule has 0 saturated carbocycles. The minimum atomic E-state index is -3.62. The van der Waals surface area contributed by atoms with E-state index in [0.29, 0.717) is 34.8 Å². The van der Waals surface area contributed by atoms with E-state index in [-0.39, 0.29) is 23.0 Å². The third-order valence-corrected chi connectivity index (χ3v) is 5.99. The molecule has 152 valence electrons. The van der Waals surface area contributed by atoms with Gasteiger partial charge in [0, 0.05) is 18.5 Å². The Balaban J connectivity index is 1.64. The molecule has 2 N–H and O–H groups in total. The molecule has 0 saturated heterocycles. The lowest BCUT2D eigenvalue weighted by molar-refractivity contribution is -0.116. The average molecular weight is 416 g/mol. The summed E-state index contributed by atoms with van der Waals surface area (Å²) in [6.07, 6.45) is 0.458. The van der Waals surface area contributed by atoms with E-state index in [1.165, 1.54) is 19.2 Å². The maximum absolute atomic E-state index is 13.8. The fraction of sp³-hybridized carbons (Fsp3) is 0.190. The second-order valence-electron chi connectivity index (χ2n) is 6.48. The molecule has 0 unspecified atom stereocenters. The summed E-state index contributed by atoms with van der Waals surface area (Å²) in [6.45, 7) is 1.68. The molecule has 0 fully saturated rings. The quantitative estimate of drug-likeness (QED) is 0.612. The largest absolute Gasteiger partial charge is 0.461 e. The summed E-state index contributed by atoms with van der Waals surface area (Å²) in [5.74, 6) is 0.294. The van der Waals surface area contributed by atoms with Crippen LogP contribution < -0.4 is 10.0 Å². The van der Waals surface area contributed by atoms with Gasteiger partial charge in [-0.1, -0.05) is 18.2 Å². The maximum Gasteiger partial charge on any atom is 0.240 e. The smallest absolute Gasteiger partial charge is 0.240 e. The number of nitrogens with one attached hydrogen (secondary N) is 2. The van der Waals surface area contributed by atoms with Gasteiger partial charge in [-0.05, 0) is 55.9 Å². The normalized spacial score (nSPS) is 11.4. The molecule has 3 rings (SSSR count). The van der Waals surface area contributed by atoms with E-state index in [1.807, 2.05) is 0 Å². The molecule has 2 aromatic carbocycles. The van der Waals surface area contributed by atoms with E-state index in [9.17, 15) is 17.6 Å². The van der Waals surface area contributed by atoms with Crippen LogP contribution in [0.1, 0.15) is 17.7 Å². The van der Waals surface area contributed by atoms with Crippen LogP contribution in [0.2, 0.25) is 0 Å². The minimum Gasteiger partial charge on any atom is -0.461 e. The number of aryl methyl sites for hydroxylation is 2. The van der Waals surface area contributed by atoms with E-state index in [2.05, 4.69) is 10.0 Å². The van der Waals surface area contributed by atoms with Crippen LogP contribution >= 0.6 is 0 Å². The Labute approximate surface area is 168 Å². The number of hydrogen-bond donors (Lipinski definition) is 2. The molecule has 1 heterocycles. The summed E-state index contributed by atoms with van der Waals surface area (Å²) < 4.78 is 45.8. The highest BCUT2D eigenvalue weighted by atomic mass is 32.2. The van der Waals surface area contributed by atoms with Crippen LogP contribution in [0.25, 0.3) is 11.3 Å². The van der Waals surface area contributed by atoms with Crippen LogP contribution in [0, 0.1) is 12.7 Å². The summed E-state index contributed by atoms with van der Waals surface area (Å²) >= 11 is 0. The molecule has 0 bridgehead atoms. The number of halogens is 1. The third-order valence-electron chi connectivity index (χ3n) is 4.43. The number of rotatable bonds is 7. The second-order valence-corrected chi connectivity index (χ2v) is 8.34. The van der Waals surface area contributed by atoms with Crippen molar-refractivity contribution in [1.29, 1.82) is 0 Å². The summed E-state index contributed by atoms with van der Waals surface area (Å²) in [5, 5.41) is 2.69. The molecule has 0 aliphatic rings. The lowest BCUT2D eigenvalue weighted by Crippen LogP contribution is -2.20. The molecule has 1 amide bonds. The van der Waals surface area contributed by atoms with Crippen molar-refractivity contribution in [2.24, 2.45) is 0 Å². The molecule has 8 heteroatoms. The number of benzene rings is 2. The Bertz CT molecular complexity index is 1140. The Morgan fingerprint density at radius 3 is 2.59 bits per heavy atom. The van der Waals surface area contributed by atoms with Crippen LogP contribution in [0.3, 0.4) is 0 Å². The molecule has 1 aromatic heterocycles. The van der Waals surface area contributed by atoms with Gasteiger partial charge in [0.05, 0.1) is 10.5 Å². The number of carbonyl (C=O) groups is 1. The number of anilines is 1. The Morgan fingerprint density at radius 2 is 1.86 bits per heavy atom. The van der Waals surface area contributed by atoms with Gasteiger partial charge in [0.15, 0.2) is 0 Å². The molecule has 6 nitrogen and oxygen atoms in total. The first-order valence-electron chi connectivity index (χ1n) is 8.98. The molecule has 0 aliphatic heterocycles. The van der Waals surface area contributed by atoms with Gasteiger partial charge in [-0.15, -0.1) is 0 Å². The fourth-order valence-electron chi connectivity index (χ4n) is 2.86. The molecule has 0 spiro atoms. The van der Waals surface area contributed by atoms with Gasteiger partial charge in [-0.2, -0.15) is 0 Å². The predicted octanol–water partition coefficient (Wildman–Crippen LogP) is 3.87. The summed E-state index contributed by atoms with van der Waals surface area (Å²) in [4.78, 5) is 12.4. The van der Waals surface area contributed by atoms with Gasteiger partial charge in [0.2, 0.25) is 15.9 Å². The van der Waals surface area contributed by atoms with Crippen molar-refractivity contribution in [3.05, 3.63) is 71.7 Å². The van der Waals surface area contributed by atoms with Gasteiger partial charge >= 0.3 is 0 Å². The highest BCUT2D eigenvalue weighted by molar-refractivity contribution is 7.89. The first kappa shape index (κ1) is 20.8. The number of carbonyl (C=O) groups excluding carboxylic acids is 1. The number of furan rings is 1. The third kappa shape index (κ3) is 4.90. The van der Waals surface area contributed by atoms with E-state index in [0.717, 1.165) is 0 Å². The molecule has 29 heavy (non-hydrogen) atoms. The molecule has 0 atom stereocenters. The summed E-state index contributed by atoms with van der Waals surface area (Å²) in [5.41, 5.74) is 1.33. The highest BCUT2D eigenvalue weighted by Gasteiger charge is 2.16. The number of amides is 1. The van der Waals surface area contributed by atoms with E-state index < -0.39 is 10.0 Å². The van der Waals surface area contributed by atoms with Gasteiger partial charge in [0.25, 0.3) is 0 Å². The number of hydrogen-bond acceptors (Lipinski definition) is 4. The zero-order chi connectivity index (χ0) is 21.0. The summed E-state index contributed by atoms with van der Waals surface area (Å²) in [7, 11) is -2.28. The Morgan fingerprint density at radius 1 is 1.10 bits per heavy atom. The van der Waals surface area contributed by atoms with Gasteiger partial charge < -0.3 is 9.73 Å². The van der Waals surface area contributed by atoms with Crippen LogP contribution in [-0.4, -0.2) is 21.4 Å². The second kappa shape index (κ2) is 8.59. The van der Waals surface area contributed by atoms with Crippen molar-refractivity contribution < 1.29 is 22.0 Å². The number of sulfonamides is 1. The van der Waals surface area contributed by atoms with Gasteiger partial charge in [0.1, 0.15) is 17.3 Å². The van der Waals surface area contributed by atoms with Crippen molar-refractivity contribution in [3.63, 3.8) is 0 Å². The highest BCUT2D eigenvalue weighted by Crippen LogP contribution is 2.25. The molecule has 0 aliphatic carbocycles. The zero-order valence-electron chi connectivity index (χ0n) is 16.0.